The van der Waals surface area contributed by atoms with Gasteiger partial charge < -0.3 is 10.1 Å². The van der Waals surface area contributed by atoms with Gasteiger partial charge in [-0.1, -0.05) is 53.5 Å². The van der Waals surface area contributed by atoms with E-state index in [1.54, 1.807) is 28.9 Å². The van der Waals surface area contributed by atoms with E-state index < -0.39 is 6.61 Å². The van der Waals surface area contributed by atoms with E-state index in [1.807, 2.05) is 25.1 Å². The maximum absolute atomic E-state index is 12.5. The molecule has 0 bridgehead atoms. The number of hydrogen-bond acceptors (Lipinski definition) is 3. The Morgan fingerprint density at radius 1 is 1.07 bits per heavy atom. The van der Waals surface area contributed by atoms with Gasteiger partial charge in [0.25, 0.3) is 0 Å². The summed E-state index contributed by atoms with van der Waals surface area (Å²) in [5.74, 6) is 0.148. The Labute approximate surface area is 177 Å². The van der Waals surface area contributed by atoms with Crippen molar-refractivity contribution in [2.75, 3.05) is 0 Å². The summed E-state index contributed by atoms with van der Waals surface area (Å²) in [7, 11) is 0. The zero-order valence-electron chi connectivity index (χ0n) is 14.8. The number of rotatable bonds is 7. The van der Waals surface area contributed by atoms with E-state index in [9.17, 15) is 8.78 Å². The van der Waals surface area contributed by atoms with Crippen LogP contribution >= 0.6 is 35.6 Å². The second-order valence-corrected chi connectivity index (χ2v) is 6.57. The van der Waals surface area contributed by atoms with Crippen molar-refractivity contribution in [3.05, 3.63) is 75.5 Å². The van der Waals surface area contributed by atoms with Crippen molar-refractivity contribution in [2.24, 2.45) is 0 Å². The summed E-state index contributed by atoms with van der Waals surface area (Å²) < 4.78 is 31.1. The van der Waals surface area contributed by atoms with Crippen LogP contribution in [-0.4, -0.2) is 16.4 Å². The predicted octanol–water partition coefficient (Wildman–Crippen LogP) is 5.80. The van der Waals surface area contributed by atoms with E-state index in [0.29, 0.717) is 34.5 Å². The molecule has 0 unspecified atom stereocenters. The third-order valence-corrected chi connectivity index (χ3v) is 4.72. The fourth-order valence-corrected chi connectivity index (χ4v) is 3.25. The van der Waals surface area contributed by atoms with Crippen LogP contribution in [0.2, 0.25) is 10.2 Å². The number of aryl methyl sites for hydroxylation is 1. The lowest BCUT2D eigenvalue weighted by Crippen LogP contribution is -2.15. The minimum absolute atomic E-state index is 0. The SMILES string of the molecule is Cc1nn(-c2ccccc2Cl)c(Cl)c1CNCc1ccccc1OC(F)F.Cl. The fourth-order valence-electron chi connectivity index (χ4n) is 2.70. The first-order chi connectivity index (χ1) is 13.0. The average Bonchev–Trinajstić information content (AvgIpc) is 2.91. The van der Waals surface area contributed by atoms with Gasteiger partial charge in [0, 0.05) is 24.2 Å². The van der Waals surface area contributed by atoms with Gasteiger partial charge in [0.2, 0.25) is 0 Å². The summed E-state index contributed by atoms with van der Waals surface area (Å²) >= 11 is 12.7. The first-order valence-electron chi connectivity index (χ1n) is 8.19. The van der Waals surface area contributed by atoms with Crippen molar-refractivity contribution in [3.8, 4) is 11.4 Å². The van der Waals surface area contributed by atoms with Crippen LogP contribution in [0.25, 0.3) is 5.69 Å². The van der Waals surface area contributed by atoms with Gasteiger partial charge >= 0.3 is 6.61 Å². The normalized spacial score (nSPS) is 10.8. The molecule has 28 heavy (non-hydrogen) atoms. The zero-order chi connectivity index (χ0) is 19.4. The molecule has 3 aromatic rings. The summed E-state index contributed by atoms with van der Waals surface area (Å²) in [4.78, 5) is 0. The molecule has 150 valence electrons. The molecule has 0 aliphatic carbocycles. The molecule has 0 aliphatic heterocycles. The van der Waals surface area contributed by atoms with E-state index in [0.717, 1.165) is 11.3 Å². The number of halogens is 5. The number of nitrogens with zero attached hydrogens (tertiary/aromatic N) is 2. The van der Waals surface area contributed by atoms with Gasteiger partial charge in [-0.25, -0.2) is 4.68 Å². The largest absolute Gasteiger partial charge is 0.434 e. The number of aromatic nitrogens is 2. The molecular weight excluding hydrogens is 431 g/mol. The molecule has 2 aromatic carbocycles. The lowest BCUT2D eigenvalue weighted by molar-refractivity contribution is -0.0505. The van der Waals surface area contributed by atoms with Crippen molar-refractivity contribution < 1.29 is 13.5 Å². The topological polar surface area (TPSA) is 39.1 Å². The number of alkyl halides is 2. The van der Waals surface area contributed by atoms with Gasteiger partial charge in [0.15, 0.2) is 0 Å². The van der Waals surface area contributed by atoms with Gasteiger partial charge in [-0.3, -0.25) is 0 Å². The molecule has 0 fully saturated rings. The van der Waals surface area contributed by atoms with Crippen molar-refractivity contribution >= 4 is 35.6 Å². The van der Waals surface area contributed by atoms with Crippen LogP contribution < -0.4 is 10.1 Å². The Bertz CT molecular complexity index is 935. The molecule has 9 heteroatoms. The molecular formula is C19H18Cl3F2N3O. The Kier molecular flexibility index (Phi) is 8.07. The summed E-state index contributed by atoms with van der Waals surface area (Å²) in [5.41, 5.74) is 2.88. The summed E-state index contributed by atoms with van der Waals surface area (Å²) in [5, 5.41) is 8.65. The zero-order valence-corrected chi connectivity index (χ0v) is 17.2. The summed E-state index contributed by atoms with van der Waals surface area (Å²) in [6, 6.07) is 13.9. The number of benzene rings is 2. The first kappa shape index (κ1) is 22.4. The maximum atomic E-state index is 12.5. The molecule has 0 saturated carbocycles. The lowest BCUT2D eigenvalue weighted by Gasteiger charge is -2.11. The van der Waals surface area contributed by atoms with Crippen LogP contribution in [0.5, 0.6) is 5.75 Å². The van der Waals surface area contributed by atoms with Crippen LogP contribution in [0.3, 0.4) is 0 Å². The molecule has 0 spiro atoms. The Hall–Kier alpha value is -1.86. The van der Waals surface area contributed by atoms with Crippen LogP contribution in [0, 0.1) is 6.92 Å². The number of ether oxygens (including phenoxy) is 1. The third-order valence-electron chi connectivity index (χ3n) is 4.01. The fraction of sp³-hybridized carbons (Fsp3) is 0.211. The highest BCUT2D eigenvalue weighted by Crippen LogP contribution is 2.27. The number of nitrogens with one attached hydrogen (secondary N) is 1. The van der Waals surface area contributed by atoms with Crippen molar-refractivity contribution in [3.63, 3.8) is 0 Å². The minimum Gasteiger partial charge on any atom is -0.434 e. The van der Waals surface area contributed by atoms with Crippen molar-refractivity contribution in [2.45, 2.75) is 26.6 Å². The van der Waals surface area contributed by atoms with Crippen molar-refractivity contribution in [1.29, 1.82) is 0 Å². The highest BCUT2D eigenvalue weighted by atomic mass is 35.5. The minimum atomic E-state index is -2.86. The van der Waals surface area contributed by atoms with E-state index in [-0.39, 0.29) is 18.2 Å². The van der Waals surface area contributed by atoms with Crippen LogP contribution in [-0.2, 0) is 13.1 Å². The number of para-hydroxylation sites is 2. The molecule has 0 radical (unpaired) electrons. The van der Waals surface area contributed by atoms with Gasteiger partial charge in [0.1, 0.15) is 10.9 Å². The Morgan fingerprint density at radius 2 is 1.75 bits per heavy atom. The quantitative estimate of drug-likeness (QED) is 0.496. The summed E-state index contributed by atoms with van der Waals surface area (Å²) in [6.45, 7) is -0.255. The van der Waals surface area contributed by atoms with Gasteiger partial charge in [-0.15, -0.1) is 12.4 Å². The predicted molar refractivity (Wildman–Crippen MR) is 109 cm³/mol. The van der Waals surface area contributed by atoms with E-state index in [1.165, 1.54) is 6.07 Å². The van der Waals surface area contributed by atoms with E-state index in [2.05, 4.69) is 15.2 Å². The second kappa shape index (κ2) is 10.1. The average molecular weight is 449 g/mol. The molecule has 0 aliphatic rings. The van der Waals surface area contributed by atoms with Crippen LogP contribution in [0.15, 0.2) is 48.5 Å². The molecule has 1 heterocycles. The molecule has 0 atom stereocenters. The van der Waals surface area contributed by atoms with E-state index >= 15 is 0 Å². The van der Waals surface area contributed by atoms with Gasteiger partial charge in [-0.2, -0.15) is 13.9 Å². The molecule has 0 saturated heterocycles. The third kappa shape index (κ3) is 5.14. The molecule has 4 nitrogen and oxygen atoms in total. The Balaban J connectivity index is 0.00000280. The van der Waals surface area contributed by atoms with Gasteiger partial charge in [-0.05, 0) is 25.1 Å². The van der Waals surface area contributed by atoms with Gasteiger partial charge in [0.05, 0.1) is 16.4 Å². The highest BCUT2D eigenvalue weighted by Gasteiger charge is 2.16. The molecule has 1 aromatic heterocycles. The van der Waals surface area contributed by atoms with Crippen LogP contribution in [0.4, 0.5) is 8.78 Å². The van der Waals surface area contributed by atoms with Crippen LogP contribution in [0.1, 0.15) is 16.8 Å². The Morgan fingerprint density at radius 3 is 2.46 bits per heavy atom. The highest BCUT2D eigenvalue weighted by molar-refractivity contribution is 6.33. The smallest absolute Gasteiger partial charge is 0.387 e. The lowest BCUT2D eigenvalue weighted by atomic mass is 10.2. The molecule has 0 amide bonds. The second-order valence-electron chi connectivity index (χ2n) is 5.81. The summed E-state index contributed by atoms with van der Waals surface area (Å²) in [6.07, 6.45) is 0. The standard InChI is InChI=1S/C19H17Cl2F2N3O.ClH/c1-12-14(18(21)26(25-12)16-8-4-3-7-15(16)20)11-24-10-13-6-2-5-9-17(13)27-19(22)23;/h2-9,19,24H,10-11H2,1H3;1H. The number of hydrogen-bond donors (Lipinski definition) is 1. The van der Waals surface area contributed by atoms with E-state index in [4.69, 9.17) is 23.2 Å². The van der Waals surface area contributed by atoms with Crippen molar-refractivity contribution in [1.82, 2.24) is 15.1 Å². The maximum Gasteiger partial charge on any atom is 0.387 e. The monoisotopic (exact) mass is 447 g/mol. The molecule has 1 N–H and O–H groups in total. The molecule has 3 rings (SSSR count). The first-order valence-corrected chi connectivity index (χ1v) is 8.95.